The maximum atomic E-state index is 12.4. The van der Waals surface area contributed by atoms with Crippen LogP contribution in [0.15, 0.2) is 36.4 Å². The Morgan fingerprint density at radius 3 is 2.50 bits per heavy atom. The number of aryl methyl sites for hydroxylation is 1. The summed E-state index contributed by atoms with van der Waals surface area (Å²) in [5, 5.41) is 0. The summed E-state index contributed by atoms with van der Waals surface area (Å²) in [6, 6.07) is 10.4. The first-order valence-corrected chi connectivity index (χ1v) is 10.7. The molecule has 8 heteroatoms. The predicted molar refractivity (Wildman–Crippen MR) is 117 cm³/mol. The van der Waals surface area contributed by atoms with Crippen molar-refractivity contribution in [1.82, 2.24) is 9.80 Å². The van der Waals surface area contributed by atoms with Crippen molar-refractivity contribution in [2.75, 3.05) is 32.1 Å². The lowest BCUT2D eigenvalue weighted by atomic mass is 9.98. The smallest absolute Gasteiger partial charge is 0.406 e. The SMILES string of the molecule is Cc1cc(N2CCC(N(C)C)C2)cc2c1[C@@H](C=O)N(Cc1ccc(OC(F)(F)F)cc1)C2. The highest BCUT2D eigenvalue weighted by molar-refractivity contribution is 5.68. The number of alkyl halides is 3. The highest BCUT2D eigenvalue weighted by atomic mass is 19.4. The van der Waals surface area contributed by atoms with Gasteiger partial charge in [0.1, 0.15) is 12.0 Å². The van der Waals surface area contributed by atoms with Gasteiger partial charge in [0, 0.05) is 37.9 Å². The predicted octanol–water partition coefficient (Wildman–Crippen LogP) is 4.29. The zero-order chi connectivity index (χ0) is 23.0. The molecule has 0 bridgehead atoms. The molecule has 1 unspecified atom stereocenters. The van der Waals surface area contributed by atoms with Crippen LogP contribution in [-0.2, 0) is 17.9 Å². The number of carbonyl (C=O) groups is 1. The van der Waals surface area contributed by atoms with Gasteiger partial charge in [-0.05, 0) is 74.0 Å². The molecule has 5 nitrogen and oxygen atoms in total. The number of halogens is 3. The Morgan fingerprint density at radius 2 is 1.91 bits per heavy atom. The van der Waals surface area contributed by atoms with Crippen LogP contribution in [-0.4, -0.2) is 55.7 Å². The minimum absolute atomic E-state index is 0.250. The maximum absolute atomic E-state index is 12.4. The van der Waals surface area contributed by atoms with Crippen molar-refractivity contribution in [3.63, 3.8) is 0 Å². The van der Waals surface area contributed by atoms with Gasteiger partial charge < -0.3 is 19.3 Å². The highest BCUT2D eigenvalue weighted by Gasteiger charge is 2.34. The Kier molecular flexibility index (Phi) is 6.18. The van der Waals surface area contributed by atoms with E-state index in [2.05, 4.69) is 45.7 Å². The molecule has 2 aliphatic rings. The fraction of sp³-hybridized carbons (Fsp3) is 0.458. The van der Waals surface area contributed by atoms with Gasteiger partial charge in [-0.1, -0.05) is 12.1 Å². The number of fused-ring (bicyclic) bond motifs is 1. The fourth-order valence-corrected chi connectivity index (χ4v) is 4.82. The topological polar surface area (TPSA) is 36.0 Å². The van der Waals surface area contributed by atoms with Crippen LogP contribution in [0.1, 0.15) is 34.7 Å². The molecule has 2 aliphatic heterocycles. The molecular formula is C24H28F3N3O2. The quantitative estimate of drug-likeness (QED) is 0.618. The van der Waals surface area contributed by atoms with E-state index in [4.69, 9.17) is 0 Å². The number of likely N-dealkylation sites (N-methyl/N-ethyl adjacent to an activating group) is 1. The number of benzene rings is 2. The van der Waals surface area contributed by atoms with Crippen molar-refractivity contribution in [2.45, 2.75) is 44.9 Å². The molecule has 0 amide bonds. The van der Waals surface area contributed by atoms with E-state index in [0.29, 0.717) is 19.1 Å². The zero-order valence-corrected chi connectivity index (χ0v) is 18.5. The maximum Gasteiger partial charge on any atom is 0.573 e. The van der Waals surface area contributed by atoms with Crippen LogP contribution in [0.2, 0.25) is 0 Å². The van der Waals surface area contributed by atoms with E-state index in [1.165, 1.54) is 17.8 Å². The van der Waals surface area contributed by atoms with Crippen LogP contribution < -0.4 is 9.64 Å². The number of rotatable bonds is 6. The van der Waals surface area contributed by atoms with Crippen LogP contribution >= 0.6 is 0 Å². The lowest BCUT2D eigenvalue weighted by molar-refractivity contribution is -0.274. The molecule has 172 valence electrons. The van der Waals surface area contributed by atoms with Crippen molar-refractivity contribution in [3.8, 4) is 5.75 Å². The van der Waals surface area contributed by atoms with Gasteiger partial charge in [-0.15, -0.1) is 13.2 Å². The van der Waals surface area contributed by atoms with Gasteiger partial charge in [0.15, 0.2) is 0 Å². The summed E-state index contributed by atoms with van der Waals surface area (Å²) in [4.78, 5) is 18.7. The number of aldehydes is 1. The van der Waals surface area contributed by atoms with E-state index < -0.39 is 6.36 Å². The van der Waals surface area contributed by atoms with Crippen LogP contribution in [0.4, 0.5) is 18.9 Å². The Labute approximate surface area is 186 Å². The third-order valence-electron chi connectivity index (χ3n) is 6.45. The number of anilines is 1. The van der Waals surface area contributed by atoms with E-state index >= 15 is 0 Å². The molecule has 2 atom stereocenters. The summed E-state index contributed by atoms with van der Waals surface area (Å²) in [6.07, 6.45) is -2.63. The van der Waals surface area contributed by atoms with Crippen LogP contribution in [0.5, 0.6) is 5.75 Å². The van der Waals surface area contributed by atoms with Crippen molar-refractivity contribution in [2.24, 2.45) is 0 Å². The molecule has 4 rings (SSSR count). The van der Waals surface area contributed by atoms with E-state index in [-0.39, 0.29) is 11.8 Å². The van der Waals surface area contributed by atoms with Crippen LogP contribution in [0.3, 0.4) is 0 Å². The number of nitrogens with zero attached hydrogens (tertiary/aromatic N) is 3. The standard InChI is InChI=1S/C24H28F3N3O2/c1-16-10-20(29-9-8-19(14-29)28(2)3)11-18-13-30(22(15-31)23(16)18)12-17-4-6-21(7-5-17)32-24(25,26)27/h4-7,10-11,15,19,22H,8-9,12-14H2,1-3H3/t19?,22-/m1/s1. The third kappa shape index (κ3) is 4.76. The van der Waals surface area contributed by atoms with Crippen molar-refractivity contribution in [1.29, 1.82) is 0 Å². The minimum atomic E-state index is -4.71. The van der Waals surface area contributed by atoms with Gasteiger partial charge in [-0.3, -0.25) is 4.90 Å². The average molecular weight is 448 g/mol. The van der Waals surface area contributed by atoms with Gasteiger partial charge in [0.25, 0.3) is 0 Å². The Hall–Kier alpha value is -2.58. The lowest BCUT2D eigenvalue weighted by Crippen LogP contribution is -2.31. The Bertz CT molecular complexity index is 976. The second kappa shape index (κ2) is 8.75. The number of ether oxygens (including phenoxy) is 1. The molecule has 0 N–H and O–H groups in total. The van der Waals surface area contributed by atoms with Gasteiger partial charge in [-0.2, -0.15) is 0 Å². The highest BCUT2D eigenvalue weighted by Crippen LogP contribution is 2.39. The molecule has 2 aromatic rings. The van der Waals surface area contributed by atoms with E-state index in [0.717, 1.165) is 48.1 Å². The molecule has 0 aliphatic carbocycles. The molecule has 0 spiro atoms. The van der Waals surface area contributed by atoms with Gasteiger partial charge in [-0.25, -0.2) is 0 Å². The summed E-state index contributed by atoms with van der Waals surface area (Å²) in [7, 11) is 4.22. The Balaban J connectivity index is 1.50. The Morgan fingerprint density at radius 1 is 1.19 bits per heavy atom. The third-order valence-corrected chi connectivity index (χ3v) is 6.45. The van der Waals surface area contributed by atoms with E-state index in [1.54, 1.807) is 12.1 Å². The summed E-state index contributed by atoms with van der Waals surface area (Å²) in [5.74, 6) is -0.250. The number of carbonyl (C=O) groups excluding carboxylic acids is 1. The van der Waals surface area contributed by atoms with Crippen molar-refractivity contribution < 1.29 is 22.7 Å². The molecule has 0 aromatic heterocycles. The average Bonchev–Trinajstić information content (AvgIpc) is 3.33. The van der Waals surface area contributed by atoms with E-state index in [9.17, 15) is 18.0 Å². The lowest BCUT2D eigenvalue weighted by Gasteiger charge is -2.23. The van der Waals surface area contributed by atoms with Gasteiger partial charge >= 0.3 is 6.36 Å². The second-order valence-electron chi connectivity index (χ2n) is 8.87. The van der Waals surface area contributed by atoms with Gasteiger partial charge in [0.2, 0.25) is 0 Å². The summed E-state index contributed by atoms with van der Waals surface area (Å²) >= 11 is 0. The van der Waals surface area contributed by atoms with Crippen LogP contribution in [0.25, 0.3) is 0 Å². The summed E-state index contributed by atoms with van der Waals surface area (Å²) < 4.78 is 41.1. The largest absolute Gasteiger partial charge is 0.573 e. The molecule has 1 saturated heterocycles. The number of hydrogen-bond acceptors (Lipinski definition) is 5. The van der Waals surface area contributed by atoms with Crippen molar-refractivity contribution >= 4 is 12.0 Å². The first kappa shape index (κ1) is 22.6. The molecule has 0 saturated carbocycles. The van der Waals surface area contributed by atoms with Crippen molar-refractivity contribution in [3.05, 3.63) is 58.7 Å². The molecular weight excluding hydrogens is 419 g/mol. The molecule has 0 radical (unpaired) electrons. The molecule has 2 aromatic carbocycles. The summed E-state index contributed by atoms with van der Waals surface area (Å²) in [5.41, 5.74) is 5.29. The second-order valence-corrected chi connectivity index (χ2v) is 8.87. The molecule has 1 fully saturated rings. The normalized spacial score (nSPS) is 21.3. The molecule has 2 heterocycles. The van der Waals surface area contributed by atoms with E-state index in [1.807, 2.05) is 6.92 Å². The number of hydrogen-bond donors (Lipinski definition) is 0. The molecule has 32 heavy (non-hydrogen) atoms. The first-order valence-electron chi connectivity index (χ1n) is 10.7. The fourth-order valence-electron chi connectivity index (χ4n) is 4.82. The van der Waals surface area contributed by atoms with Gasteiger partial charge in [0.05, 0.1) is 6.04 Å². The first-order chi connectivity index (χ1) is 15.1. The zero-order valence-electron chi connectivity index (χ0n) is 18.5. The monoisotopic (exact) mass is 447 g/mol. The van der Waals surface area contributed by atoms with Crippen LogP contribution in [0, 0.1) is 6.92 Å². The minimum Gasteiger partial charge on any atom is -0.406 e. The summed E-state index contributed by atoms with van der Waals surface area (Å²) in [6.45, 7) is 5.13.